The molecule has 0 radical (unpaired) electrons. The van der Waals surface area contributed by atoms with E-state index < -0.39 is 0 Å². The first-order chi connectivity index (χ1) is 7.83. The van der Waals surface area contributed by atoms with Crippen LogP contribution in [-0.4, -0.2) is 31.6 Å². The Morgan fingerprint density at radius 2 is 2.00 bits per heavy atom. The number of allylic oxidation sites excluding steroid dienone is 1. The van der Waals surface area contributed by atoms with E-state index in [1.54, 1.807) is 0 Å². The molecule has 0 amide bonds. The molecule has 0 atom stereocenters. The normalized spacial score (nSPS) is 10.4. The summed E-state index contributed by atoms with van der Waals surface area (Å²) in [7, 11) is 2.16. The highest BCUT2D eigenvalue weighted by molar-refractivity contribution is 5.42. The van der Waals surface area contributed by atoms with Crippen molar-refractivity contribution in [1.82, 2.24) is 4.90 Å². The van der Waals surface area contributed by atoms with Crippen molar-refractivity contribution in [2.75, 3.05) is 32.0 Å². The number of anilines is 1. The molecule has 88 valence electrons. The Bertz CT molecular complexity index is 282. The molecular weight excluding hydrogens is 196 g/mol. The average molecular weight is 218 g/mol. The molecule has 1 rings (SSSR count). The second-order valence-electron chi connectivity index (χ2n) is 4.03. The van der Waals surface area contributed by atoms with Crippen molar-refractivity contribution in [2.45, 2.75) is 12.8 Å². The summed E-state index contributed by atoms with van der Waals surface area (Å²) in [4.78, 5) is 2.35. The molecule has 2 nitrogen and oxygen atoms in total. The van der Waals surface area contributed by atoms with Gasteiger partial charge in [0.15, 0.2) is 0 Å². The first kappa shape index (κ1) is 12.8. The number of nitrogens with one attached hydrogen (secondary N) is 1. The van der Waals surface area contributed by atoms with Crippen LogP contribution in [0.15, 0.2) is 43.0 Å². The zero-order valence-corrected chi connectivity index (χ0v) is 10.2. The molecule has 2 heteroatoms. The molecule has 0 aliphatic heterocycles. The number of hydrogen-bond acceptors (Lipinski definition) is 2. The van der Waals surface area contributed by atoms with Crippen LogP contribution in [0.4, 0.5) is 5.69 Å². The molecule has 0 saturated heterocycles. The molecule has 0 unspecified atom stereocenters. The Hall–Kier alpha value is -1.28. The van der Waals surface area contributed by atoms with Gasteiger partial charge in [0.05, 0.1) is 0 Å². The predicted molar refractivity (Wildman–Crippen MR) is 71.9 cm³/mol. The first-order valence-electron chi connectivity index (χ1n) is 5.91. The smallest absolute Gasteiger partial charge is 0.0340 e. The lowest BCUT2D eigenvalue weighted by Gasteiger charge is -2.16. The van der Waals surface area contributed by atoms with Crippen LogP contribution in [0.1, 0.15) is 12.8 Å². The molecule has 0 aliphatic rings. The fraction of sp³-hybridized carbons (Fsp3) is 0.429. The summed E-state index contributed by atoms with van der Waals surface area (Å²) in [5, 5.41) is 3.40. The summed E-state index contributed by atoms with van der Waals surface area (Å²) in [5.74, 6) is 0. The van der Waals surface area contributed by atoms with E-state index in [4.69, 9.17) is 0 Å². The van der Waals surface area contributed by atoms with Crippen LogP contribution in [0.2, 0.25) is 0 Å². The van der Waals surface area contributed by atoms with Gasteiger partial charge >= 0.3 is 0 Å². The molecule has 0 aromatic heterocycles. The van der Waals surface area contributed by atoms with Crippen molar-refractivity contribution in [3.05, 3.63) is 43.0 Å². The zero-order valence-electron chi connectivity index (χ0n) is 10.2. The second kappa shape index (κ2) is 7.94. The Balaban J connectivity index is 2.08. The van der Waals surface area contributed by atoms with E-state index in [1.165, 1.54) is 12.1 Å². The molecule has 0 saturated carbocycles. The summed E-state index contributed by atoms with van der Waals surface area (Å²) >= 11 is 0. The lowest BCUT2D eigenvalue weighted by molar-refractivity contribution is 0.343. The minimum Gasteiger partial charge on any atom is -0.384 e. The van der Waals surface area contributed by atoms with Gasteiger partial charge in [-0.1, -0.05) is 24.3 Å². The minimum absolute atomic E-state index is 0.995. The fourth-order valence-electron chi connectivity index (χ4n) is 1.56. The molecule has 0 fully saturated rings. The Morgan fingerprint density at radius 1 is 1.25 bits per heavy atom. The van der Waals surface area contributed by atoms with E-state index in [1.807, 2.05) is 12.1 Å². The van der Waals surface area contributed by atoms with Gasteiger partial charge in [0.25, 0.3) is 0 Å². The van der Waals surface area contributed by atoms with Crippen molar-refractivity contribution in [3.63, 3.8) is 0 Å². The van der Waals surface area contributed by atoms with Crippen molar-refractivity contribution >= 4 is 5.69 Å². The molecule has 1 N–H and O–H groups in total. The van der Waals surface area contributed by atoms with Gasteiger partial charge < -0.3 is 10.2 Å². The van der Waals surface area contributed by atoms with E-state index in [0.29, 0.717) is 0 Å². The topological polar surface area (TPSA) is 15.3 Å². The molecule has 0 aliphatic carbocycles. The molecule has 0 spiro atoms. The maximum absolute atomic E-state index is 3.73. The van der Waals surface area contributed by atoms with Crippen LogP contribution in [0.5, 0.6) is 0 Å². The van der Waals surface area contributed by atoms with Gasteiger partial charge in [-0.05, 0) is 38.6 Å². The third-order valence-electron chi connectivity index (χ3n) is 2.54. The van der Waals surface area contributed by atoms with E-state index >= 15 is 0 Å². The third kappa shape index (κ3) is 5.56. The van der Waals surface area contributed by atoms with E-state index in [2.05, 4.69) is 48.1 Å². The van der Waals surface area contributed by atoms with E-state index in [-0.39, 0.29) is 0 Å². The maximum Gasteiger partial charge on any atom is 0.0340 e. The van der Waals surface area contributed by atoms with Crippen molar-refractivity contribution in [3.8, 4) is 0 Å². The summed E-state index contributed by atoms with van der Waals surface area (Å²) in [6, 6.07) is 10.3. The molecule has 0 bridgehead atoms. The average Bonchev–Trinajstić information content (AvgIpc) is 2.31. The highest BCUT2D eigenvalue weighted by Gasteiger charge is 1.96. The van der Waals surface area contributed by atoms with Gasteiger partial charge in [-0.3, -0.25) is 0 Å². The van der Waals surface area contributed by atoms with Gasteiger partial charge in [-0.2, -0.15) is 0 Å². The quantitative estimate of drug-likeness (QED) is 0.533. The van der Waals surface area contributed by atoms with E-state index in [9.17, 15) is 0 Å². The number of likely N-dealkylation sites (N-methyl/N-ethyl adjacent to an activating group) is 1. The van der Waals surface area contributed by atoms with Crippen LogP contribution in [-0.2, 0) is 0 Å². The summed E-state index contributed by atoms with van der Waals surface area (Å²) < 4.78 is 0. The molecule has 16 heavy (non-hydrogen) atoms. The monoisotopic (exact) mass is 218 g/mol. The highest BCUT2D eigenvalue weighted by Crippen LogP contribution is 2.03. The fourth-order valence-corrected chi connectivity index (χ4v) is 1.56. The van der Waals surface area contributed by atoms with E-state index in [0.717, 1.165) is 26.1 Å². The SMILES string of the molecule is C=CCCCN(C)CCNc1ccccc1. The van der Waals surface area contributed by atoms with Crippen molar-refractivity contribution < 1.29 is 0 Å². The summed E-state index contributed by atoms with van der Waals surface area (Å²) in [6.07, 6.45) is 4.29. The Labute approximate surface area is 99.0 Å². The van der Waals surface area contributed by atoms with Crippen LogP contribution >= 0.6 is 0 Å². The molecule has 1 aromatic rings. The number of para-hydroxylation sites is 1. The number of nitrogens with zero attached hydrogens (tertiary/aromatic N) is 1. The number of hydrogen-bond donors (Lipinski definition) is 1. The molecule has 1 aromatic carbocycles. The van der Waals surface area contributed by atoms with Crippen LogP contribution in [0, 0.1) is 0 Å². The predicted octanol–water partition coefficient (Wildman–Crippen LogP) is 3.00. The highest BCUT2D eigenvalue weighted by atomic mass is 15.1. The Kier molecular flexibility index (Phi) is 6.35. The summed E-state index contributed by atoms with van der Waals surface area (Å²) in [5.41, 5.74) is 1.20. The van der Waals surface area contributed by atoms with Gasteiger partial charge in [0, 0.05) is 18.8 Å². The van der Waals surface area contributed by atoms with Crippen molar-refractivity contribution in [2.24, 2.45) is 0 Å². The van der Waals surface area contributed by atoms with Gasteiger partial charge in [-0.25, -0.2) is 0 Å². The molecule has 0 heterocycles. The number of benzene rings is 1. The molecular formula is C14H22N2. The largest absolute Gasteiger partial charge is 0.384 e. The standard InChI is InChI=1S/C14H22N2/c1-3-4-8-12-16(2)13-11-15-14-9-6-5-7-10-14/h3,5-7,9-10,15H,1,4,8,11-13H2,2H3. The van der Waals surface area contributed by atoms with Gasteiger partial charge in [0.1, 0.15) is 0 Å². The minimum atomic E-state index is 0.995. The summed E-state index contributed by atoms with van der Waals surface area (Å²) in [6.45, 7) is 6.94. The van der Waals surface area contributed by atoms with Gasteiger partial charge in [-0.15, -0.1) is 6.58 Å². The van der Waals surface area contributed by atoms with Gasteiger partial charge in [0.2, 0.25) is 0 Å². The number of rotatable bonds is 8. The first-order valence-corrected chi connectivity index (χ1v) is 5.91. The third-order valence-corrected chi connectivity index (χ3v) is 2.54. The van der Waals surface area contributed by atoms with Crippen LogP contribution < -0.4 is 5.32 Å². The lowest BCUT2D eigenvalue weighted by atomic mass is 10.3. The Morgan fingerprint density at radius 3 is 2.69 bits per heavy atom. The van der Waals surface area contributed by atoms with Crippen LogP contribution in [0.3, 0.4) is 0 Å². The lowest BCUT2D eigenvalue weighted by Crippen LogP contribution is -2.26. The zero-order chi connectivity index (χ0) is 11.6. The van der Waals surface area contributed by atoms with Crippen molar-refractivity contribution in [1.29, 1.82) is 0 Å². The second-order valence-corrected chi connectivity index (χ2v) is 4.03. The maximum atomic E-state index is 3.73. The van der Waals surface area contributed by atoms with Crippen LogP contribution in [0.25, 0.3) is 0 Å². The number of unbranched alkanes of at least 4 members (excludes halogenated alkanes) is 1.